The number of carbonyl (C=O) groups excluding carboxylic acids is 2. The first kappa shape index (κ1) is 20.5. The van der Waals surface area contributed by atoms with Gasteiger partial charge in [0.15, 0.2) is 11.5 Å². The Kier molecular flexibility index (Phi) is 6.59. The van der Waals surface area contributed by atoms with Crippen molar-refractivity contribution in [2.45, 2.75) is 12.8 Å². The smallest absolute Gasteiger partial charge is 0.242 e. The monoisotopic (exact) mass is 398 g/mol. The van der Waals surface area contributed by atoms with Crippen LogP contribution in [0.2, 0.25) is 0 Å². The van der Waals surface area contributed by atoms with Gasteiger partial charge >= 0.3 is 0 Å². The molecule has 0 saturated heterocycles. The normalized spacial score (nSPS) is 13.2. The number of hydrogen-bond donors (Lipinski definition) is 0. The molecule has 2 aromatic carbocycles. The third-order valence-corrected chi connectivity index (χ3v) is 4.93. The molecule has 0 radical (unpaired) electrons. The maximum absolute atomic E-state index is 12.8. The van der Waals surface area contributed by atoms with Crippen molar-refractivity contribution >= 4 is 17.5 Å². The van der Waals surface area contributed by atoms with Gasteiger partial charge in [-0.25, -0.2) is 0 Å². The number of likely N-dealkylation sites (N-methyl/N-ethyl adjacent to an activating group) is 1. The average molecular weight is 398 g/mol. The van der Waals surface area contributed by atoms with Gasteiger partial charge in [-0.2, -0.15) is 0 Å². The number of methoxy groups -OCH3 is 2. The number of anilines is 1. The Balaban J connectivity index is 1.64. The van der Waals surface area contributed by atoms with Gasteiger partial charge in [-0.15, -0.1) is 0 Å². The number of ether oxygens (including phenoxy) is 3. The SMILES string of the molecule is COc1ccc(CCN(C)C(=O)CN2C(=O)CCOc3ccccc32)cc1OC. The number of carbonyl (C=O) groups is 2. The van der Waals surface area contributed by atoms with Gasteiger partial charge in [-0.05, 0) is 36.2 Å². The second-order valence-corrected chi connectivity index (χ2v) is 6.80. The number of para-hydroxylation sites is 2. The van der Waals surface area contributed by atoms with Crippen molar-refractivity contribution in [3.63, 3.8) is 0 Å². The minimum Gasteiger partial charge on any atom is -0.493 e. The molecule has 154 valence electrons. The highest BCUT2D eigenvalue weighted by atomic mass is 16.5. The molecule has 0 N–H and O–H groups in total. The van der Waals surface area contributed by atoms with Crippen LogP contribution in [0.25, 0.3) is 0 Å². The Hall–Kier alpha value is -3.22. The topological polar surface area (TPSA) is 68.3 Å². The summed E-state index contributed by atoms with van der Waals surface area (Å²) < 4.78 is 16.2. The predicted octanol–water partition coefficient (Wildman–Crippen LogP) is 2.52. The summed E-state index contributed by atoms with van der Waals surface area (Å²) in [6, 6.07) is 13.0. The molecule has 0 unspecified atom stereocenters. The minimum absolute atomic E-state index is 0.0123. The van der Waals surface area contributed by atoms with Crippen LogP contribution >= 0.6 is 0 Å². The van der Waals surface area contributed by atoms with E-state index in [0.29, 0.717) is 42.5 Å². The van der Waals surface area contributed by atoms with Crippen LogP contribution in [0.3, 0.4) is 0 Å². The Morgan fingerprint density at radius 2 is 1.90 bits per heavy atom. The highest BCUT2D eigenvalue weighted by Gasteiger charge is 2.26. The van der Waals surface area contributed by atoms with E-state index in [1.807, 2.05) is 36.4 Å². The standard InChI is InChI=1S/C22H26N2O5/c1-23(12-10-16-8-9-19(27-2)20(14-16)28-3)22(26)15-24-17-6-4-5-7-18(17)29-13-11-21(24)25/h4-9,14H,10-13,15H2,1-3H3. The summed E-state index contributed by atoms with van der Waals surface area (Å²) in [6.07, 6.45) is 0.910. The van der Waals surface area contributed by atoms with E-state index in [4.69, 9.17) is 14.2 Å². The van der Waals surface area contributed by atoms with Crippen molar-refractivity contribution < 1.29 is 23.8 Å². The van der Waals surface area contributed by atoms with Gasteiger partial charge in [-0.1, -0.05) is 18.2 Å². The molecule has 0 aliphatic carbocycles. The molecule has 29 heavy (non-hydrogen) atoms. The quantitative estimate of drug-likeness (QED) is 0.717. The van der Waals surface area contributed by atoms with Crippen molar-refractivity contribution in [1.29, 1.82) is 0 Å². The zero-order chi connectivity index (χ0) is 20.8. The van der Waals surface area contributed by atoms with E-state index in [2.05, 4.69) is 0 Å². The molecule has 0 fully saturated rings. The molecule has 3 rings (SSSR count). The van der Waals surface area contributed by atoms with E-state index in [9.17, 15) is 9.59 Å². The molecule has 0 spiro atoms. The molecule has 2 aromatic rings. The van der Waals surface area contributed by atoms with Gasteiger partial charge in [0.2, 0.25) is 11.8 Å². The van der Waals surface area contributed by atoms with Crippen LogP contribution in [-0.4, -0.2) is 57.7 Å². The van der Waals surface area contributed by atoms with Gasteiger partial charge in [0, 0.05) is 13.6 Å². The number of benzene rings is 2. The third kappa shape index (κ3) is 4.80. The van der Waals surface area contributed by atoms with Crippen LogP contribution in [0.15, 0.2) is 42.5 Å². The van der Waals surface area contributed by atoms with Gasteiger partial charge in [0.25, 0.3) is 0 Å². The summed E-state index contributed by atoms with van der Waals surface area (Å²) in [6.45, 7) is 0.825. The molecular weight excluding hydrogens is 372 g/mol. The molecule has 7 nitrogen and oxygen atoms in total. The molecule has 7 heteroatoms. The summed E-state index contributed by atoms with van der Waals surface area (Å²) >= 11 is 0. The first-order valence-corrected chi connectivity index (χ1v) is 9.50. The van der Waals surface area contributed by atoms with Crippen molar-refractivity contribution in [2.75, 3.05) is 45.9 Å². The fraction of sp³-hybridized carbons (Fsp3) is 0.364. The Labute approximate surface area is 170 Å². The largest absolute Gasteiger partial charge is 0.493 e. The molecule has 1 aliphatic rings. The molecule has 0 saturated carbocycles. The first-order chi connectivity index (χ1) is 14.0. The van der Waals surface area contributed by atoms with E-state index in [-0.39, 0.29) is 24.8 Å². The summed E-state index contributed by atoms with van der Waals surface area (Å²) in [5.41, 5.74) is 1.67. The Morgan fingerprint density at radius 3 is 2.66 bits per heavy atom. The molecular formula is C22H26N2O5. The fourth-order valence-electron chi connectivity index (χ4n) is 3.21. The van der Waals surface area contributed by atoms with Crippen molar-refractivity contribution in [3.05, 3.63) is 48.0 Å². The zero-order valence-electron chi connectivity index (χ0n) is 17.0. The minimum atomic E-state index is -0.129. The Morgan fingerprint density at radius 1 is 1.14 bits per heavy atom. The predicted molar refractivity (Wildman–Crippen MR) is 110 cm³/mol. The highest BCUT2D eigenvalue weighted by molar-refractivity contribution is 6.00. The summed E-state index contributed by atoms with van der Waals surface area (Å²) in [7, 11) is 4.93. The molecule has 2 amide bonds. The van der Waals surface area contributed by atoms with Gasteiger partial charge in [0.1, 0.15) is 12.3 Å². The van der Waals surface area contributed by atoms with Crippen LogP contribution in [0.1, 0.15) is 12.0 Å². The lowest BCUT2D eigenvalue weighted by Gasteiger charge is -2.25. The third-order valence-electron chi connectivity index (χ3n) is 4.93. The van der Waals surface area contributed by atoms with Crippen LogP contribution < -0.4 is 19.1 Å². The zero-order valence-corrected chi connectivity index (χ0v) is 17.0. The lowest BCUT2D eigenvalue weighted by atomic mass is 10.1. The molecule has 1 heterocycles. The number of nitrogens with zero attached hydrogens (tertiary/aromatic N) is 2. The number of amides is 2. The number of fused-ring (bicyclic) bond motifs is 1. The van der Waals surface area contributed by atoms with E-state index in [1.165, 1.54) is 4.90 Å². The number of rotatable bonds is 7. The lowest BCUT2D eigenvalue weighted by Crippen LogP contribution is -2.42. The van der Waals surface area contributed by atoms with Crippen molar-refractivity contribution in [2.24, 2.45) is 0 Å². The van der Waals surface area contributed by atoms with E-state index < -0.39 is 0 Å². The second-order valence-electron chi connectivity index (χ2n) is 6.80. The van der Waals surface area contributed by atoms with Crippen LogP contribution in [0.4, 0.5) is 5.69 Å². The second kappa shape index (κ2) is 9.32. The van der Waals surface area contributed by atoms with Gasteiger partial charge in [-0.3, -0.25) is 14.5 Å². The summed E-state index contributed by atoms with van der Waals surface area (Å²) in [5, 5.41) is 0. The van der Waals surface area contributed by atoms with Crippen LogP contribution in [-0.2, 0) is 16.0 Å². The van der Waals surface area contributed by atoms with Gasteiger partial charge in [0.05, 0.1) is 32.9 Å². The van der Waals surface area contributed by atoms with Crippen LogP contribution in [0.5, 0.6) is 17.2 Å². The maximum atomic E-state index is 12.8. The van der Waals surface area contributed by atoms with E-state index >= 15 is 0 Å². The van der Waals surface area contributed by atoms with E-state index in [0.717, 1.165) is 5.56 Å². The molecule has 1 aliphatic heterocycles. The van der Waals surface area contributed by atoms with Gasteiger partial charge < -0.3 is 19.1 Å². The molecule has 0 atom stereocenters. The van der Waals surface area contributed by atoms with Crippen LogP contribution in [0, 0.1) is 0 Å². The average Bonchev–Trinajstić information content (AvgIpc) is 2.90. The maximum Gasteiger partial charge on any atom is 0.242 e. The summed E-state index contributed by atoms with van der Waals surface area (Å²) in [4.78, 5) is 28.4. The number of hydrogen-bond acceptors (Lipinski definition) is 5. The first-order valence-electron chi connectivity index (χ1n) is 9.50. The lowest BCUT2D eigenvalue weighted by molar-refractivity contribution is -0.130. The van der Waals surface area contributed by atoms with Crippen molar-refractivity contribution in [3.8, 4) is 17.2 Å². The van der Waals surface area contributed by atoms with E-state index in [1.54, 1.807) is 32.2 Å². The molecule has 0 aromatic heterocycles. The van der Waals surface area contributed by atoms with Crippen molar-refractivity contribution in [1.82, 2.24) is 4.90 Å². The summed E-state index contributed by atoms with van der Waals surface area (Å²) in [5.74, 6) is 1.71. The highest BCUT2D eigenvalue weighted by Crippen LogP contribution is 2.31. The molecule has 0 bridgehead atoms. The Bertz CT molecular complexity index is 883. The fourth-order valence-corrected chi connectivity index (χ4v) is 3.21.